The first-order valence-electron chi connectivity index (χ1n) is 6.00. The number of halogens is 3. The van der Waals surface area contributed by atoms with Crippen LogP contribution in [0.3, 0.4) is 0 Å². The van der Waals surface area contributed by atoms with E-state index in [1.807, 2.05) is 0 Å². The molecule has 2 rings (SSSR count). The van der Waals surface area contributed by atoms with Gasteiger partial charge < -0.3 is 9.47 Å². The standard InChI is InChI=1S/C13H15F2IO2/c1-2-3-8-6-17-13(18-7-8)9-4-5-10(16)12(15)11(9)14/h4-5,8,13H,2-3,6-7H2,1H3. The van der Waals surface area contributed by atoms with Crippen molar-refractivity contribution in [3.05, 3.63) is 32.9 Å². The van der Waals surface area contributed by atoms with Gasteiger partial charge in [0.25, 0.3) is 0 Å². The maximum atomic E-state index is 13.8. The van der Waals surface area contributed by atoms with Crippen molar-refractivity contribution in [2.24, 2.45) is 5.92 Å². The van der Waals surface area contributed by atoms with E-state index in [9.17, 15) is 8.78 Å². The predicted molar refractivity (Wildman–Crippen MR) is 72.1 cm³/mol. The van der Waals surface area contributed by atoms with Gasteiger partial charge in [-0.25, -0.2) is 8.78 Å². The second-order valence-electron chi connectivity index (χ2n) is 4.42. The van der Waals surface area contributed by atoms with E-state index < -0.39 is 17.9 Å². The highest BCUT2D eigenvalue weighted by molar-refractivity contribution is 14.1. The molecule has 0 atom stereocenters. The minimum absolute atomic E-state index is 0.142. The Morgan fingerprint density at radius 2 is 1.89 bits per heavy atom. The molecule has 0 radical (unpaired) electrons. The minimum Gasteiger partial charge on any atom is -0.348 e. The number of hydrogen-bond donors (Lipinski definition) is 0. The van der Waals surface area contributed by atoms with Gasteiger partial charge in [0.05, 0.1) is 16.8 Å². The fourth-order valence-corrected chi connectivity index (χ4v) is 2.44. The lowest BCUT2D eigenvalue weighted by molar-refractivity contribution is -0.207. The fourth-order valence-electron chi connectivity index (χ4n) is 2.02. The van der Waals surface area contributed by atoms with Gasteiger partial charge in [-0.05, 0) is 41.1 Å². The normalized spacial score (nSPS) is 24.2. The van der Waals surface area contributed by atoms with E-state index in [1.165, 1.54) is 12.1 Å². The Balaban J connectivity index is 2.08. The van der Waals surface area contributed by atoms with Crippen LogP contribution >= 0.6 is 22.6 Å². The van der Waals surface area contributed by atoms with Crippen molar-refractivity contribution in [1.82, 2.24) is 0 Å². The first-order chi connectivity index (χ1) is 8.63. The van der Waals surface area contributed by atoms with E-state index in [1.54, 1.807) is 22.6 Å². The fraction of sp³-hybridized carbons (Fsp3) is 0.538. The quantitative estimate of drug-likeness (QED) is 0.593. The molecule has 2 nitrogen and oxygen atoms in total. The predicted octanol–water partition coefficient (Wildman–Crippen LogP) is 4.03. The summed E-state index contributed by atoms with van der Waals surface area (Å²) in [5, 5.41) is 0. The maximum absolute atomic E-state index is 13.8. The Hall–Kier alpha value is -0.270. The van der Waals surface area contributed by atoms with Gasteiger partial charge in [-0.2, -0.15) is 0 Å². The third-order valence-electron chi connectivity index (χ3n) is 2.98. The van der Waals surface area contributed by atoms with E-state index in [2.05, 4.69) is 6.92 Å². The van der Waals surface area contributed by atoms with Gasteiger partial charge in [-0.15, -0.1) is 0 Å². The van der Waals surface area contributed by atoms with Crippen LogP contribution in [0.4, 0.5) is 8.78 Å². The van der Waals surface area contributed by atoms with Gasteiger partial charge in [0, 0.05) is 11.5 Å². The molecule has 1 aliphatic heterocycles. The van der Waals surface area contributed by atoms with Crippen LogP contribution in [0.5, 0.6) is 0 Å². The smallest absolute Gasteiger partial charge is 0.186 e. The summed E-state index contributed by atoms with van der Waals surface area (Å²) in [6.45, 7) is 3.16. The third kappa shape index (κ3) is 3.00. The molecule has 0 saturated carbocycles. The molecule has 1 aromatic rings. The van der Waals surface area contributed by atoms with Crippen LogP contribution in [0.2, 0.25) is 0 Å². The van der Waals surface area contributed by atoms with Gasteiger partial charge in [0.15, 0.2) is 17.9 Å². The number of benzene rings is 1. The number of hydrogen-bond acceptors (Lipinski definition) is 2. The molecule has 0 aliphatic carbocycles. The summed E-state index contributed by atoms with van der Waals surface area (Å²) in [5.74, 6) is -1.36. The summed E-state index contributed by atoms with van der Waals surface area (Å²) in [6, 6.07) is 3.05. The van der Waals surface area contributed by atoms with Gasteiger partial charge >= 0.3 is 0 Å². The van der Waals surface area contributed by atoms with Crippen LogP contribution in [0.1, 0.15) is 31.6 Å². The Kier molecular flexibility index (Phi) is 4.91. The molecule has 0 aromatic heterocycles. The van der Waals surface area contributed by atoms with Crippen LogP contribution in [0.25, 0.3) is 0 Å². The lowest BCUT2D eigenvalue weighted by atomic mass is 10.1. The first kappa shape index (κ1) is 14.1. The second-order valence-corrected chi connectivity index (χ2v) is 5.58. The highest BCUT2D eigenvalue weighted by atomic mass is 127. The largest absolute Gasteiger partial charge is 0.348 e. The summed E-state index contributed by atoms with van der Waals surface area (Å²) in [5.41, 5.74) is 0.142. The van der Waals surface area contributed by atoms with E-state index in [-0.39, 0.29) is 9.13 Å². The Morgan fingerprint density at radius 3 is 2.50 bits per heavy atom. The lowest BCUT2D eigenvalue weighted by Gasteiger charge is -2.29. The van der Waals surface area contributed by atoms with Crippen molar-refractivity contribution in [3.8, 4) is 0 Å². The van der Waals surface area contributed by atoms with Gasteiger partial charge in [-0.3, -0.25) is 0 Å². The molecule has 1 fully saturated rings. The average Bonchev–Trinajstić information content (AvgIpc) is 2.38. The molecule has 0 unspecified atom stereocenters. The monoisotopic (exact) mass is 368 g/mol. The van der Waals surface area contributed by atoms with Crippen LogP contribution in [-0.4, -0.2) is 13.2 Å². The highest BCUT2D eigenvalue weighted by Gasteiger charge is 2.27. The van der Waals surface area contributed by atoms with Crippen molar-refractivity contribution in [2.75, 3.05) is 13.2 Å². The number of ether oxygens (including phenoxy) is 2. The van der Waals surface area contributed by atoms with Gasteiger partial charge in [0.1, 0.15) is 0 Å². The highest BCUT2D eigenvalue weighted by Crippen LogP contribution is 2.30. The minimum atomic E-state index is -0.874. The maximum Gasteiger partial charge on any atom is 0.186 e. The van der Waals surface area contributed by atoms with Crippen molar-refractivity contribution in [3.63, 3.8) is 0 Å². The van der Waals surface area contributed by atoms with E-state index >= 15 is 0 Å². The van der Waals surface area contributed by atoms with Crippen LogP contribution in [-0.2, 0) is 9.47 Å². The molecule has 1 heterocycles. The summed E-state index contributed by atoms with van der Waals surface area (Å²) >= 11 is 1.76. The second kappa shape index (κ2) is 6.25. The Labute approximate surface area is 119 Å². The van der Waals surface area contributed by atoms with Crippen molar-refractivity contribution < 1.29 is 18.3 Å². The molecule has 100 valence electrons. The molecule has 0 N–H and O–H groups in total. The molecular weight excluding hydrogens is 353 g/mol. The van der Waals surface area contributed by atoms with Crippen molar-refractivity contribution >= 4 is 22.6 Å². The lowest BCUT2D eigenvalue weighted by Crippen LogP contribution is -2.27. The Bertz CT molecular complexity index is 418. The summed E-state index contributed by atoms with van der Waals surface area (Å²) < 4.78 is 38.4. The zero-order valence-corrected chi connectivity index (χ0v) is 12.2. The van der Waals surface area contributed by atoms with Crippen LogP contribution in [0.15, 0.2) is 12.1 Å². The molecule has 0 amide bonds. The molecular formula is C13H15F2IO2. The molecule has 1 saturated heterocycles. The Morgan fingerprint density at radius 1 is 1.22 bits per heavy atom. The van der Waals surface area contributed by atoms with Crippen molar-refractivity contribution in [1.29, 1.82) is 0 Å². The summed E-state index contributed by atoms with van der Waals surface area (Å²) in [4.78, 5) is 0. The van der Waals surface area contributed by atoms with E-state index in [0.717, 1.165) is 12.8 Å². The van der Waals surface area contributed by atoms with Crippen molar-refractivity contribution in [2.45, 2.75) is 26.1 Å². The topological polar surface area (TPSA) is 18.5 Å². The van der Waals surface area contributed by atoms with Crippen LogP contribution < -0.4 is 0 Å². The molecule has 0 bridgehead atoms. The number of rotatable bonds is 3. The first-order valence-corrected chi connectivity index (χ1v) is 7.08. The summed E-state index contributed by atoms with van der Waals surface area (Å²) in [6.07, 6.45) is 1.30. The average molecular weight is 368 g/mol. The van der Waals surface area contributed by atoms with Crippen LogP contribution in [0, 0.1) is 21.1 Å². The zero-order valence-electron chi connectivity index (χ0n) is 10.1. The van der Waals surface area contributed by atoms with E-state index in [0.29, 0.717) is 19.1 Å². The molecule has 1 aliphatic rings. The molecule has 18 heavy (non-hydrogen) atoms. The zero-order chi connectivity index (χ0) is 13.1. The molecule has 1 aromatic carbocycles. The van der Waals surface area contributed by atoms with Gasteiger partial charge in [0.2, 0.25) is 0 Å². The van der Waals surface area contributed by atoms with Gasteiger partial charge in [-0.1, -0.05) is 13.3 Å². The SMILES string of the molecule is CCCC1COC(c2ccc(I)c(F)c2F)OC1. The summed E-state index contributed by atoms with van der Waals surface area (Å²) in [7, 11) is 0. The van der Waals surface area contributed by atoms with E-state index in [4.69, 9.17) is 9.47 Å². The molecule has 0 spiro atoms. The third-order valence-corrected chi connectivity index (χ3v) is 3.82. The molecule has 5 heteroatoms.